The standard InChI is InChI=1S/C26H26N2O8S/c1-34-22-9-11-23(12-10-22)37(32,33)28(16-18-7-5-4-6-8-18)17-24(29)27-21-14-19(25(30)35-2)13-20(15-21)26(31)36-3/h4-15H,16-17H2,1-3H3,(H,27,29). The third-order valence-corrected chi connectivity index (χ3v) is 7.08. The number of sulfonamides is 1. The van der Waals surface area contributed by atoms with Crippen LogP contribution in [-0.2, 0) is 30.8 Å². The first-order valence-electron chi connectivity index (χ1n) is 11.0. The number of carbonyl (C=O) groups excluding carboxylic acids is 3. The van der Waals surface area contributed by atoms with E-state index in [1.54, 1.807) is 30.3 Å². The number of nitrogens with zero attached hydrogens (tertiary/aromatic N) is 1. The van der Waals surface area contributed by atoms with Gasteiger partial charge in [0.1, 0.15) is 5.75 Å². The molecule has 0 aromatic heterocycles. The molecule has 10 nitrogen and oxygen atoms in total. The van der Waals surface area contributed by atoms with Crippen LogP contribution in [0.15, 0.2) is 77.7 Å². The number of benzene rings is 3. The van der Waals surface area contributed by atoms with E-state index >= 15 is 0 Å². The van der Waals surface area contributed by atoms with Crippen molar-refractivity contribution in [1.82, 2.24) is 4.31 Å². The fourth-order valence-corrected chi connectivity index (χ4v) is 4.83. The van der Waals surface area contributed by atoms with Gasteiger partial charge in [-0.3, -0.25) is 4.79 Å². The van der Waals surface area contributed by atoms with Crippen molar-refractivity contribution in [2.24, 2.45) is 0 Å². The molecule has 11 heteroatoms. The van der Waals surface area contributed by atoms with E-state index in [1.807, 2.05) is 0 Å². The molecule has 1 amide bonds. The zero-order valence-corrected chi connectivity index (χ0v) is 21.3. The number of anilines is 1. The molecule has 0 fully saturated rings. The summed E-state index contributed by atoms with van der Waals surface area (Å²) in [5.74, 6) is -1.66. The van der Waals surface area contributed by atoms with Gasteiger partial charge in [0.15, 0.2) is 0 Å². The predicted molar refractivity (Wildman–Crippen MR) is 135 cm³/mol. The van der Waals surface area contributed by atoms with Crippen LogP contribution in [0.4, 0.5) is 5.69 Å². The maximum Gasteiger partial charge on any atom is 0.337 e. The molecule has 1 N–H and O–H groups in total. The Hall–Kier alpha value is -4.22. The summed E-state index contributed by atoms with van der Waals surface area (Å²) in [5, 5.41) is 2.56. The molecule has 0 bridgehead atoms. The van der Waals surface area contributed by atoms with Crippen LogP contribution < -0.4 is 10.1 Å². The van der Waals surface area contributed by atoms with Gasteiger partial charge in [-0.15, -0.1) is 0 Å². The van der Waals surface area contributed by atoms with Gasteiger partial charge in [0, 0.05) is 12.2 Å². The van der Waals surface area contributed by atoms with Crippen LogP contribution in [0.25, 0.3) is 0 Å². The van der Waals surface area contributed by atoms with Crippen molar-refractivity contribution in [3.8, 4) is 5.75 Å². The minimum atomic E-state index is -4.09. The number of nitrogens with one attached hydrogen (secondary N) is 1. The smallest absolute Gasteiger partial charge is 0.337 e. The molecule has 0 heterocycles. The zero-order valence-electron chi connectivity index (χ0n) is 20.5. The summed E-state index contributed by atoms with van der Waals surface area (Å²) in [6.07, 6.45) is 0. The Kier molecular flexibility index (Phi) is 8.99. The van der Waals surface area contributed by atoms with Gasteiger partial charge in [0.05, 0.1) is 43.9 Å². The SMILES string of the molecule is COC(=O)c1cc(NC(=O)CN(Cc2ccccc2)S(=O)(=O)c2ccc(OC)cc2)cc(C(=O)OC)c1. The normalized spacial score (nSPS) is 11.0. The van der Waals surface area contributed by atoms with Crippen LogP contribution in [0.2, 0.25) is 0 Å². The van der Waals surface area contributed by atoms with Gasteiger partial charge >= 0.3 is 11.9 Å². The van der Waals surface area contributed by atoms with Gasteiger partial charge < -0.3 is 19.5 Å². The van der Waals surface area contributed by atoms with Gasteiger partial charge in [-0.25, -0.2) is 18.0 Å². The van der Waals surface area contributed by atoms with E-state index in [0.717, 1.165) is 4.31 Å². The maximum absolute atomic E-state index is 13.5. The van der Waals surface area contributed by atoms with Crippen LogP contribution >= 0.6 is 0 Å². The van der Waals surface area contributed by atoms with E-state index in [-0.39, 0.29) is 28.3 Å². The highest BCUT2D eigenvalue weighted by molar-refractivity contribution is 7.89. The van der Waals surface area contributed by atoms with Crippen molar-refractivity contribution in [3.05, 3.63) is 89.5 Å². The molecule has 0 atom stereocenters. The molecule has 0 radical (unpaired) electrons. The fraction of sp³-hybridized carbons (Fsp3) is 0.192. The number of methoxy groups -OCH3 is 3. The lowest BCUT2D eigenvalue weighted by Gasteiger charge is -2.22. The maximum atomic E-state index is 13.5. The summed E-state index contributed by atoms with van der Waals surface area (Å²) >= 11 is 0. The molecule has 37 heavy (non-hydrogen) atoms. The van der Waals surface area contributed by atoms with Crippen molar-refractivity contribution in [2.45, 2.75) is 11.4 Å². The number of amides is 1. The summed E-state index contributed by atoms with van der Waals surface area (Å²) in [5.41, 5.74) is 0.781. The molecular weight excluding hydrogens is 500 g/mol. The number of carbonyl (C=O) groups is 3. The fourth-order valence-electron chi connectivity index (χ4n) is 3.44. The van der Waals surface area contributed by atoms with Gasteiger partial charge in [0.25, 0.3) is 0 Å². The molecular formula is C26H26N2O8S. The van der Waals surface area contributed by atoms with Crippen molar-refractivity contribution in [3.63, 3.8) is 0 Å². The molecule has 3 rings (SSSR count). The molecule has 194 valence electrons. The number of hydrogen-bond donors (Lipinski definition) is 1. The summed E-state index contributed by atoms with van der Waals surface area (Å²) < 4.78 is 42.5. The molecule has 0 aliphatic heterocycles. The molecule has 0 aliphatic rings. The van der Waals surface area contributed by atoms with Crippen LogP contribution in [0, 0.1) is 0 Å². The first-order chi connectivity index (χ1) is 17.7. The van der Waals surface area contributed by atoms with E-state index in [0.29, 0.717) is 11.3 Å². The third-order valence-electron chi connectivity index (χ3n) is 5.28. The second kappa shape index (κ2) is 12.2. The van der Waals surface area contributed by atoms with E-state index in [9.17, 15) is 22.8 Å². The molecule has 0 spiro atoms. The quantitative estimate of drug-likeness (QED) is 0.399. The molecule has 3 aromatic rings. The molecule has 0 saturated carbocycles. The highest BCUT2D eigenvalue weighted by Gasteiger charge is 2.27. The number of hydrogen-bond acceptors (Lipinski definition) is 8. The van der Waals surface area contributed by atoms with Crippen LogP contribution in [0.3, 0.4) is 0 Å². The van der Waals surface area contributed by atoms with E-state index in [4.69, 9.17) is 14.2 Å². The lowest BCUT2D eigenvalue weighted by Crippen LogP contribution is -2.37. The van der Waals surface area contributed by atoms with E-state index in [2.05, 4.69) is 5.32 Å². The van der Waals surface area contributed by atoms with Crippen molar-refractivity contribution >= 4 is 33.6 Å². The van der Waals surface area contributed by atoms with Gasteiger partial charge in [-0.2, -0.15) is 4.31 Å². The van der Waals surface area contributed by atoms with Crippen LogP contribution in [-0.4, -0.2) is 58.4 Å². The van der Waals surface area contributed by atoms with Crippen LogP contribution in [0.1, 0.15) is 26.3 Å². The first-order valence-corrected chi connectivity index (χ1v) is 12.4. The van der Waals surface area contributed by atoms with Crippen molar-refractivity contribution in [1.29, 1.82) is 0 Å². The lowest BCUT2D eigenvalue weighted by molar-refractivity contribution is -0.116. The number of ether oxygens (including phenoxy) is 3. The predicted octanol–water partition coefficient (Wildman–Crippen LogP) is 3.10. The Morgan fingerprint density at radius 1 is 0.811 bits per heavy atom. The van der Waals surface area contributed by atoms with Gasteiger partial charge in [0.2, 0.25) is 15.9 Å². The number of esters is 2. The Morgan fingerprint density at radius 3 is 1.89 bits per heavy atom. The molecule has 0 aliphatic carbocycles. The zero-order chi connectivity index (χ0) is 27.0. The van der Waals surface area contributed by atoms with E-state index in [1.165, 1.54) is 63.8 Å². The topological polar surface area (TPSA) is 128 Å². The third kappa shape index (κ3) is 6.93. The molecule has 3 aromatic carbocycles. The highest BCUT2D eigenvalue weighted by atomic mass is 32.2. The Morgan fingerprint density at radius 2 is 1.38 bits per heavy atom. The van der Waals surface area contributed by atoms with Gasteiger partial charge in [-0.05, 0) is 48.0 Å². The lowest BCUT2D eigenvalue weighted by atomic mass is 10.1. The summed E-state index contributed by atoms with van der Waals surface area (Å²) in [4.78, 5) is 37.1. The average Bonchev–Trinajstić information content (AvgIpc) is 2.92. The minimum Gasteiger partial charge on any atom is -0.497 e. The first kappa shape index (κ1) is 27.4. The van der Waals surface area contributed by atoms with Crippen LogP contribution in [0.5, 0.6) is 5.75 Å². The second-order valence-electron chi connectivity index (χ2n) is 7.76. The summed E-state index contributed by atoms with van der Waals surface area (Å²) in [6.45, 7) is -0.614. The van der Waals surface area contributed by atoms with E-state index < -0.39 is 34.4 Å². The Labute approximate surface area is 214 Å². The summed E-state index contributed by atoms with van der Waals surface area (Å²) in [6, 6.07) is 18.5. The Balaban J connectivity index is 1.91. The summed E-state index contributed by atoms with van der Waals surface area (Å²) in [7, 11) is -0.270. The second-order valence-corrected chi connectivity index (χ2v) is 9.70. The Bertz CT molecular complexity index is 1340. The monoisotopic (exact) mass is 526 g/mol. The van der Waals surface area contributed by atoms with Crippen molar-refractivity contribution < 1.29 is 37.0 Å². The van der Waals surface area contributed by atoms with Gasteiger partial charge in [-0.1, -0.05) is 30.3 Å². The minimum absolute atomic E-state index is 0.00713. The number of rotatable bonds is 10. The molecule has 0 saturated heterocycles. The van der Waals surface area contributed by atoms with Crippen molar-refractivity contribution in [2.75, 3.05) is 33.2 Å². The highest BCUT2D eigenvalue weighted by Crippen LogP contribution is 2.22. The largest absolute Gasteiger partial charge is 0.497 e. The average molecular weight is 527 g/mol. The molecule has 0 unspecified atom stereocenters.